The predicted molar refractivity (Wildman–Crippen MR) is 84.2 cm³/mol. The first-order chi connectivity index (χ1) is 10.1. The Morgan fingerprint density at radius 2 is 1.71 bits per heavy atom. The Bertz CT molecular complexity index is 575. The summed E-state index contributed by atoms with van der Waals surface area (Å²) < 4.78 is 29.2. The van der Waals surface area contributed by atoms with Crippen LogP contribution in [0.1, 0.15) is 37.7 Å². The molecule has 1 heterocycles. The molecule has 1 aromatic rings. The molecular weight excluding hydrogens is 286 g/mol. The normalized spacial score (nSPS) is 20.4. The second-order valence-electron chi connectivity index (χ2n) is 5.87. The maximum absolute atomic E-state index is 12.9. The lowest BCUT2D eigenvalue weighted by atomic mass is 10.2. The smallest absolute Gasteiger partial charge is 0.304 e. The fourth-order valence-corrected chi connectivity index (χ4v) is 4.78. The van der Waals surface area contributed by atoms with Gasteiger partial charge in [0, 0.05) is 25.7 Å². The summed E-state index contributed by atoms with van der Waals surface area (Å²) in [6, 6.07) is 7.71. The van der Waals surface area contributed by atoms with Gasteiger partial charge in [-0.25, -0.2) is 0 Å². The molecule has 21 heavy (non-hydrogen) atoms. The van der Waals surface area contributed by atoms with Crippen LogP contribution in [0.2, 0.25) is 0 Å². The molecule has 6 heteroatoms. The number of hydrogen-bond acceptors (Lipinski definition) is 3. The van der Waals surface area contributed by atoms with Gasteiger partial charge >= 0.3 is 10.2 Å². The molecule has 1 saturated carbocycles. The Hall–Kier alpha value is -1.11. The van der Waals surface area contributed by atoms with Gasteiger partial charge < -0.3 is 5.73 Å². The lowest BCUT2D eigenvalue weighted by Crippen LogP contribution is -2.47. The largest absolute Gasteiger partial charge is 0.326 e. The zero-order chi connectivity index (χ0) is 14.9. The maximum atomic E-state index is 12.9. The van der Waals surface area contributed by atoms with Crippen molar-refractivity contribution in [2.75, 3.05) is 17.4 Å². The molecule has 0 spiro atoms. The molecule has 1 aliphatic heterocycles. The number of anilines is 1. The van der Waals surface area contributed by atoms with Crippen molar-refractivity contribution in [2.24, 2.45) is 5.73 Å². The van der Waals surface area contributed by atoms with Crippen molar-refractivity contribution in [3.05, 3.63) is 29.8 Å². The van der Waals surface area contributed by atoms with E-state index < -0.39 is 10.2 Å². The number of rotatable bonds is 5. The topological polar surface area (TPSA) is 66.6 Å². The van der Waals surface area contributed by atoms with Gasteiger partial charge in [-0.2, -0.15) is 12.7 Å². The fourth-order valence-electron chi connectivity index (χ4n) is 2.84. The highest BCUT2D eigenvalue weighted by Crippen LogP contribution is 2.36. The third-order valence-electron chi connectivity index (χ3n) is 4.19. The molecule has 2 aliphatic rings. The van der Waals surface area contributed by atoms with E-state index in [-0.39, 0.29) is 6.04 Å². The van der Waals surface area contributed by atoms with E-state index in [0.29, 0.717) is 19.6 Å². The lowest BCUT2D eigenvalue weighted by molar-refractivity contribution is 0.345. The summed E-state index contributed by atoms with van der Waals surface area (Å²) in [7, 11) is -3.40. The summed E-state index contributed by atoms with van der Waals surface area (Å²) in [5.74, 6) is 0. The van der Waals surface area contributed by atoms with Crippen LogP contribution < -0.4 is 10.0 Å². The molecule has 0 amide bonds. The van der Waals surface area contributed by atoms with E-state index in [1.807, 2.05) is 24.3 Å². The average Bonchev–Trinajstić information content (AvgIpc) is 3.33. The molecule has 5 nitrogen and oxygen atoms in total. The number of nitrogens with zero attached hydrogens (tertiary/aromatic N) is 2. The number of hydrogen-bond donors (Lipinski definition) is 1. The zero-order valence-corrected chi connectivity index (χ0v) is 13.1. The highest BCUT2D eigenvalue weighted by Gasteiger charge is 2.40. The first-order valence-corrected chi connectivity index (χ1v) is 9.11. The Morgan fingerprint density at radius 3 is 2.24 bits per heavy atom. The molecule has 1 saturated heterocycles. The lowest BCUT2D eigenvalue weighted by Gasteiger charge is -2.33. The molecule has 0 aromatic heterocycles. The summed E-state index contributed by atoms with van der Waals surface area (Å²) >= 11 is 0. The molecule has 3 rings (SSSR count). The standard InChI is InChI=1S/C15H23N3O2S/c16-12-13-4-6-14(7-5-13)18(15-8-9-15)21(19,20)17-10-2-1-3-11-17/h4-7,15H,1-3,8-12,16H2. The first kappa shape index (κ1) is 14.8. The summed E-state index contributed by atoms with van der Waals surface area (Å²) in [5.41, 5.74) is 7.39. The van der Waals surface area contributed by atoms with Crippen LogP contribution >= 0.6 is 0 Å². The molecule has 2 fully saturated rings. The van der Waals surface area contributed by atoms with Crippen LogP contribution in [0.25, 0.3) is 0 Å². The van der Waals surface area contributed by atoms with E-state index in [0.717, 1.165) is 43.4 Å². The molecule has 0 atom stereocenters. The van der Waals surface area contributed by atoms with Gasteiger partial charge in [-0.05, 0) is 43.4 Å². The molecule has 0 bridgehead atoms. The van der Waals surface area contributed by atoms with E-state index in [2.05, 4.69) is 0 Å². The van der Waals surface area contributed by atoms with E-state index in [4.69, 9.17) is 5.73 Å². The van der Waals surface area contributed by atoms with Crippen LogP contribution in [-0.2, 0) is 16.8 Å². The van der Waals surface area contributed by atoms with Gasteiger partial charge in [-0.15, -0.1) is 0 Å². The van der Waals surface area contributed by atoms with Gasteiger partial charge in [0.15, 0.2) is 0 Å². The molecule has 1 aliphatic carbocycles. The minimum Gasteiger partial charge on any atom is -0.326 e. The van der Waals surface area contributed by atoms with Crippen molar-refractivity contribution >= 4 is 15.9 Å². The second-order valence-corrected chi connectivity index (χ2v) is 7.67. The highest BCUT2D eigenvalue weighted by atomic mass is 32.2. The van der Waals surface area contributed by atoms with Crippen molar-refractivity contribution in [2.45, 2.75) is 44.7 Å². The predicted octanol–water partition coefficient (Wildman–Crippen LogP) is 1.84. The molecule has 116 valence electrons. The third kappa shape index (κ3) is 3.07. The van der Waals surface area contributed by atoms with Gasteiger partial charge in [0.05, 0.1) is 5.69 Å². The Balaban J connectivity index is 1.89. The van der Waals surface area contributed by atoms with Crippen LogP contribution in [0.15, 0.2) is 24.3 Å². The Morgan fingerprint density at radius 1 is 1.10 bits per heavy atom. The summed E-state index contributed by atoms with van der Waals surface area (Å²) in [6.07, 6.45) is 4.95. The Labute approximate surface area is 126 Å². The summed E-state index contributed by atoms with van der Waals surface area (Å²) in [4.78, 5) is 0. The summed E-state index contributed by atoms with van der Waals surface area (Å²) in [5, 5.41) is 0. The van der Waals surface area contributed by atoms with Gasteiger partial charge in [-0.1, -0.05) is 18.6 Å². The van der Waals surface area contributed by atoms with E-state index in [1.54, 1.807) is 8.61 Å². The first-order valence-electron chi connectivity index (χ1n) is 7.71. The van der Waals surface area contributed by atoms with Gasteiger partial charge in [0.25, 0.3) is 0 Å². The number of piperidine rings is 1. The molecule has 0 radical (unpaired) electrons. The van der Waals surface area contributed by atoms with Crippen LogP contribution in [0, 0.1) is 0 Å². The fraction of sp³-hybridized carbons (Fsp3) is 0.600. The highest BCUT2D eigenvalue weighted by molar-refractivity contribution is 7.90. The van der Waals surface area contributed by atoms with E-state index >= 15 is 0 Å². The Kier molecular flexibility index (Phi) is 4.19. The average molecular weight is 309 g/mol. The molecule has 2 N–H and O–H groups in total. The monoisotopic (exact) mass is 309 g/mol. The zero-order valence-electron chi connectivity index (χ0n) is 12.2. The van der Waals surface area contributed by atoms with Crippen LogP contribution in [0.4, 0.5) is 5.69 Å². The minimum absolute atomic E-state index is 0.126. The van der Waals surface area contributed by atoms with Crippen LogP contribution in [0.3, 0.4) is 0 Å². The summed E-state index contributed by atoms with van der Waals surface area (Å²) in [6.45, 7) is 1.77. The number of benzene rings is 1. The van der Waals surface area contributed by atoms with E-state index in [1.165, 1.54) is 0 Å². The second kappa shape index (κ2) is 5.94. The molecular formula is C15H23N3O2S. The van der Waals surface area contributed by atoms with Crippen molar-refractivity contribution in [3.63, 3.8) is 0 Å². The minimum atomic E-state index is -3.40. The van der Waals surface area contributed by atoms with Gasteiger partial charge in [-0.3, -0.25) is 4.31 Å². The molecule has 1 aromatic carbocycles. The van der Waals surface area contributed by atoms with Crippen LogP contribution in [-0.4, -0.2) is 31.9 Å². The number of nitrogens with two attached hydrogens (primary N) is 1. The van der Waals surface area contributed by atoms with Crippen molar-refractivity contribution in [3.8, 4) is 0 Å². The van der Waals surface area contributed by atoms with E-state index in [9.17, 15) is 8.42 Å². The molecule has 0 unspecified atom stereocenters. The third-order valence-corrected chi connectivity index (χ3v) is 6.22. The van der Waals surface area contributed by atoms with Crippen LogP contribution in [0.5, 0.6) is 0 Å². The van der Waals surface area contributed by atoms with Gasteiger partial charge in [0.1, 0.15) is 0 Å². The van der Waals surface area contributed by atoms with Crippen molar-refractivity contribution < 1.29 is 8.42 Å². The SMILES string of the molecule is NCc1ccc(N(C2CC2)S(=O)(=O)N2CCCCC2)cc1. The van der Waals surface area contributed by atoms with Crippen molar-refractivity contribution in [1.29, 1.82) is 0 Å². The van der Waals surface area contributed by atoms with Gasteiger partial charge in [0.2, 0.25) is 0 Å². The quantitative estimate of drug-likeness (QED) is 0.902. The van der Waals surface area contributed by atoms with Crippen molar-refractivity contribution in [1.82, 2.24) is 4.31 Å². The maximum Gasteiger partial charge on any atom is 0.304 e.